The number of nitrogens with one attached hydrogen (secondary N) is 1. The monoisotopic (exact) mass is 467 g/mol. The Morgan fingerprint density at radius 1 is 1.10 bits per heavy atom. The second-order valence-corrected chi connectivity index (χ2v) is 9.07. The predicted molar refractivity (Wildman–Crippen MR) is 129 cm³/mol. The van der Waals surface area contributed by atoms with Crippen LogP contribution < -0.4 is 5.43 Å². The molecule has 0 unspecified atom stereocenters. The fraction of sp³-hybridized carbons (Fsp3) is 0.0870. The Bertz CT molecular complexity index is 1220. The van der Waals surface area contributed by atoms with Crippen LogP contribution in [0.25, 0.3) is 11.8 Å². The number of hydrogen-bond donors (Lipinski definition) is 1. The largest absolute Gasteiger partial charge is 0.318 e. The summed E-state index contributed by atoms with van der Waals surface area (Å²) in [6, 6.07) is 18.5. The number of thiocarbonyl (C=S) groups is 1. The molecule has 31 heavy (non-hydrogen) atoms. The minimum absolute atomic E-state index is 0.274. The van der Waals surface area contributed by atoms with Gasteiger partial charge in [-0.3, -0.25) is 15.0 Å². The highest BCUT2D eigenvalue weighted by molar-refractivity contribution is 8.26. The van der Waals surface area contributed by atoms with Crippen LogP contribution in [0.3, 0.4) is 0 Å². The molecule has 1 fully saturated rings. The predicted octanol–water partition coefficient (Wildman–Crippen LogP) is 5.29. The van der Waals surface area contributed by atoms with Gasteiger partial charge in [0.1, 0.15) is 0 Å². The van der Waals surface area contributed by atoms with E-state index < -0.39 is 5.91 Å². The van der Waals surface area contributed by atoms with Gasteiger partial charge in [-0.15, -0.1) is 0 Å². The van der Waals surface area contributed by atoms with E-state index in [-0.39, 0.29) is 10.2 Å². The number of hydrazine groups is 1. The van der Waals surface area contributed by atoms with Crippen molar-refractivity contribution in [1.29, 1.82) is 0 Å². The average Bonchev–Trinajstić information content (AvgIpc) is 3.18. The van der Waals surface area contributed by atoms with Crippen LogP contribution in [-0.2, 0) is 4.79 Å². The van der Waals surface area contributed by atoms with Gasteiger partial charge in [0.15, 0.2) is 4.32 Å². The summed E-state index contributed by atoms with van der Waals surface area (Å²) in [4.78, 5) is 25.9. The summed E-state index contributed by atoms with van der Waals surface area (Å²) in [5, 5.41) is 1.64. The molecule has 0 atom stereocenters. The van der Waals surface area contributed by atoms with Gasteiger partial charge < -0.3 is 4.57 Å². The van der Waals surface area contributed by atoms with Gasteiger partial charge >= 0.3 is 0 Å². The third-order valence-electron chi connectivity index (χ3n) is 4.88. The van der Waals surface area contributed by atoms with E-state index in [0.29, 0.717) is 15.5 Å². The average molecular weight is 468 g/mol. The van der Waals surface area contributed by atoms with Crippen molar-refractivity contribution in [2.45, 2.75) is 13.8 Å². The Labute approximate surface area is 194 Å². The molecule has 0 saturated carbocycles. The fourth-order valence-corrected chi connectivity index (χ4v) is 4.68. The molecule has 156 valence electrons. The smallest absolute Gasteiger partial charge is 0.285 e. The van der Waals surface area contributed by atoms with Crippen molar-refractivity contribution in [3.63, 3.8) is 0 Å². The molecule has 0 spiro atoms. The molecule has 0 radical (unpaired) electrons. The number of rotatable bonds is 4. The Morgan fingerprint density at radius 2 is 1.77 bits per heavy atom. The van der Waals surface area contributed by atoms with Crippen LogP contribution in [0.4, 0.5) is 0 Å². The first kappa shape index (κ1) is 21.4. The quantitative estimate of drug-likeness (QED) is 0.418. The Kier molecular flexibility index (Phi) is 6.00. The van der Waals surface area contributed by atoms with Crippen molar-refractivity contribution in [3.8, 4) is 5.69 Å². The number of amides is 2. The topological polar surface area (TPSA) is 54.3 Å². The van der Waals surface area contributed by atoms with Crippen molar-refractivity contribution in [2.24, 2.45) is 0 Å². The standard InChI is InChI=1S/C23H18ClN3O2S2/c1-14-12-17(15(2)26(14)19-6-4-3-5-7-19)13-20-22(29)27(23(30)31-20)25-21(28)16-8-10-18(24)11-9-16/h3-13H,1-2H3,(H,25,28)/b20-13+. The zero-order valence-electron chi connectivity index (χ0n) is 16.8. The Morgan fingerprint density at radius 3 is 2.45 bits per heavy atom. The lowest BCUT2D eigenvalue weighted by atomic mass is 10.2. The third kappa shape index (κ3) is 4.30. The molecule has 8 heteroatoms. The second-order valence-electron chi connectivity index (χ2n) is 6.96. The van der Waals surface area contributed by atoms with Gasteiger partial charge in [0, 0.05) is 27.7 Å². The minimum atomic E-state index is -0.434. The summed E-state index contributed by atoms with van der Waals surface area (Å²) in [7, 11) is 0. The zero-order chi connectivity index (χ0) is 22.1. The highest BCUT2D eigenvalue weighted by Crippen LogP contribution is 2.33. The first-order valence-corrected chi connectivity index (χ1v) is 11.0. The molecule has 1 saturated heterocycles. The van der Waals surface area contributed by atoms with Gasteiger partial charge in [-0.1, -0.05) is 41.6 Å². The van der Waals surface area contributed by atoms with Crippen LogP contribution in [0.2, 0.25) is 5.02 Å². The lowest BCUT2D eigenvalue weighted by Crippen LogP contribution is -2.44. The summed E-state index contributed by atoms with van der Waals surface area (Å²) >= 11 is 12.4. The molecule has 0 bridgehead atoms. The molecule has 1 aliphatic rings. The van der Waals surface area contributed by atoms with Crippen LogP contribution in [-0.4, -0.2) is 25.7 Å². The number of nitrogens with zero attached hydrogens (tertiary/aromatic N) is 2. The number of benzene rings is 2. The SMILES string of the molecule is Cc1cc(/C=C2/SC(=S)N(NC(=O)c3ccc(Cl)cc3)C2=O)c(C)n1-c1ccccc1. The van der Waals surface area contributed by atoms with E-state index in [1.807, 2.05) is 56.3 Å². The van der Waals surface area contributed by atoms with E-state index in [9.17, 15) is 9.59 Å². The normalized spacial score (nSPS) is 15.1. The van der Waals surface area contributed by atoms with Crippen molar-refractivity contribution in [2.75, 3.05) is 0 Å². The number of aryl methyl sites for hydroxylation is 1. The Hall–Kier alpha value is -2.87. The van der Waals surface area contributed by atoms with E-state index >= 15 is 0 Å². The molecule has 2 aromatic carbocycles. The summed E-state index contributed by atoms with van der Waals surface area (Å²) in [6.45, 7) is 4.03. The van der Waals surface area contributed by atoms with Gasteiger partial charge in [0.25, 0.3) is 11.8 Å². The van der Waals surface area contributed by atoms with Gasteiger partial charge in [-0.2, -0.15) is 5.01 Å². The molecule has 2 amide bonds. The van der Waals surface area contributed by atoms with E-state index in [0.717, 1.165) is 39.4 Å². The molecular weight excluding hydrogens is 450 g/mol. The first-order chi connectivity index (χ1) is 14.8. The van der Waals surface area contributed by atoms with E-state index in [1.54, 1.807) is 24.3 Å². The molecule has 5 nitrogen and oxygen atoms in total. The second kappa shape index (κ2) is 8.70. The maximum atomic E-state index is 12.9. The van der Waals surface area contributed by atoms with Crippen molar-refractivity contribution in [1.82, 2.24) is 15.0 Å². The molecule has 3 aromatic rings. The maximum absolute atomic E-state index is 12.9. The molecule has 1 aliphatic heterocycles. The van der Waals surface area contributed by atoms with Gasteiger partial charge in [-0.25, -0.2) is 0 Å². The highest BCUT2D eigenvalue weighted by atomic mass is 35.5. The number of halogens is 1. The van der Waals surface area contributed by atoms with Gasteiger partial charge in [0.2, 0.25) is 0 Å². The van der Waals surface area contributed by atoms with Gasteiger partial charge in [0.05, 0.1) is 4.91 Å². The van der Waals surface area contributed by atoms with Gasteiger partial charge in [-0.05, 0) is 80.2 Å². The van der Waals surface area contributed by atoms with E-state index in [1.165, 1.54) is 0 Å². The summed E-state index contributed by atoms with van der Waals surface area (Å²) < 4.78 is 2.41. The molecule has 4 rings (SSSR count). The summed E-state index contributed by atoms with van der Waals surface area (Å²) in [6.07, 6.45) is 1.81. The van der Waals surface area contributed by atoms with Crippen LogP contribution >= 0.6 is 35.6 Å². The highest BCUT2D eigenvalue weighted by Gasteiger charge is 2.34. The van der Waals surface area contributed by atoms with Crippen molar-refractivity contribution in [3.05, 3.63) is 93.1 Å². The Balaban J connectivity index is 1.58. The van der Waals surface area contributed by atoms with E-state index in [4.69, 9.17) is 23.8 Å². The molecule has 2 heterocycles. The zero-order valence-corrected chi connectivity index (χ0v) is 19.1. The maximum Gasteiger partial charge on any atom is 0.285 e. The number of thioether (sulfide) groups is 1. The van der Waals surface area contributed by atoms with Crippen LogP contribution in [0.1, 0.15) is 27.3 Å². The molecule has 0 aliphatic carbocycles. The van der Waals surface area contributed by atoms with Crippen molar-refractivity contribution < 1.29 is 9.59 Å². The number of carbonyl (C=O) groups is 2. The molecule has 1 N–H and O–H groups in total. The van der Waals surface area contributed by atoms with Crippen LogP contribution in [0.5, 0.6) is 0 Å². The number of hydrogen-bond acceptors (Lipinski definition) is 4. The van der Waals surface area contributed by atoms with Crippen LogP contribution in [0.15, 0.2) is 65.6 Å². The fourth-order valence-electron chi connectivity index (χ4n) is 3.38. The number of carbonyl (C=O) groups excluding carboxylic acids is 2. The summed E-state index contributed by atoms with van der Waals surface area (Å²) in [5.74, 6) is -0.793. The minimum Gasteiger partial charge on any atom is -0.318 e. The number of aromatic nitrogens is 1. The third-order valence-corrected chi connectivity index (χ3v) is 6.44. The van der Waals surface area contributed by atoms with Crippen molar-refractivity contribution >= 4 is 57.8 Å². The summed E-state index contributed by atoms with van der Waals surface area (Å²) in [5.41, 5.74) is 7.01. The van der Waals surface area contributed by atoms with E-state index in [2.05, 4.69) is 9.99 Å². The molecular formula is C23H18ClN3O2S2. The van der Waals surface area contributed by atoms with Crippen LogP contribution in [0, 0.1) is 13.8 Å². The number of para-hydroxylation sites is 1. The molecule has 1 aromatic heterocycles. The lowest BCUT2D eigenvalue weighted by Gasteiger charge is -2.15. The first-order valence-electron chi connectivity index (χ1n) is 9.44. The lowest BCUT2D eigenvalue weighted by molar-refractivity contribution is -0.123.